The second-order valence-electron chi connectivity index (χ2n) is 5.53. The molecular weight excluding hydrogens is 250 g/mol. The van der Waals surface area contributed by atoms with E-state index < -0.39 is 0 Å². The monoisotopic (exact) mass is 271 g/mol. The number of nitrogens with one attached hydrogen (secondary N) is 1. The molecule has 3 N–H and O–H groups in total. The summed E-state index contributed by atoms with van der Waals surface area (Å²) in [7, 11) is 0. The van der Waals surface area contributed by atoms with Gasteiger partial charge in [0.15, 0.2) is 5.96 Å². The Kier molecular flexibility index (Phi) is 3.58. The normalized spacial score (nSPS) is 16.9. The second-order valence-corrected chi connectivity index (χ2v) is 5.53. The summed E-state index contributed by atoms with van der Waals surface area (Å²) >= 11 is 0. The molecule has 5 heteroatoms. The lowest BCUT2D eigenvalue weighted by atomic mass is 10.2. The van der Waals surface area contributed by atoms with Crippen molar-refractivity contribution >= 4 is 11.6 Å². The molecule has 0 unspecified atom stereocenters. The number of fused-ring (bicyclic) bond motifs is 1. The lowest BCUT2D eigenvalue weighted by Crippen LogP contribution is -2.38. The molecule has 1 aliphatic carbocycles. The number of aryl methyl sites for hydroxylation is 1. The van der Waals surface area contributed by atoms with E-state index in [2.05, 4.69) is 34.3 Å². The predicted octanol–water partition coefficient (Wildman–Crippen LogP) is 1.99. The molecule has 0 saturated heterocycles. The van der Waals surface area contributed by atoms with Crippen LogP contribution in [-0.4, -0.2) is 21.4 Å². The first kappa shape index (κ1) is 13.0. The summed E-state index contributed by atoms with van der Waals surface area (Å²) in [5, 5.41) is 3.29. The Morgan fingerprint density at radius 1 is 1.50 bits per heavy atom. The predicted molar refractivity (Wildman–Crippen MR) is 80.6 cm³/mol. The van der Waals surface area contributed by atoms with Crippen molar-refractivity contribution < 1.29 is 0 Å². The van der Waals surface area contributed by atoms with Crippen LogP contribution >= 0.6 is 0 Å². The Morgan fingerprint density at radius 3 is 3.10 bits per heavy atom. The van der Waals surface area contributed by atoms with Crippen molar-refractivity contribution in [3.63, 3.8) is 0 Å². The van der Waals surface area contributed by atoms with Gasteiger partial charge in [-0.05, 0) is 37.5 Å². The van der Waals surface area contributed by atoms with E-state index in [9.17, 15) is 0 Å². The van der Waals surface area contributed by atoms with Crippen molar-refractivity contribution in [2.75, 3.05) is 0 Å². The largest absolute Gasteiger partial charge is 0.370 e. The SMILES string of the molecule is Cc1ccn2cc(CN=C(N)NC3CCCC3)nc2c1. The molecule has 1 aliphatic rings. The summed E-state index contributed by atoms with van der Waals surface area (Å²) in [6.07, 6.45) is 8.99. The molecule has 1 fully saturated rings. The summed E-state index contributed by atoms with van der Waals surface area (Å²) in [5.74, 6) is 0.533. The third-order valence-electron chi connectivity index (χ3n) is 3.78. The van der Waals surface area contributed by atoms with Gasteiger partial charge in [-0.2, -0.15) is 0 Å². The molecule has 2 heterocycles. The van der Waals surface area contributed by atoms with Gasteiger partial charge in [-0.1, -0.05) is 12.8 Å². The number of hydrogen-bond donors (Lipinski definition) is 2. The van der Waals surface area contributed by atoms with Crippen molar-refractivity contribution in [1.29, 1.82) is 0 Å². The van der Waals surface area contributed by atoms with Crippen LogP contribution < -0.4 is 11.1 Å². The molecule has 20 heavy (non-hydrogen) atoms. The maximum Gasteiger partial charge on any atom is 0.189 e. The molecule has 5 nitrogen and oxygen atoms in total. The van der Waals surface area contributed by atoms with Crippen molar-refractivity contribution in [2.45, 2.75) is 45.2 Å². The number of hydrogen-bond acceptors (Lipinski definition) is 2. The van der Waals surface area contributed by atoms with E-state index >= 15 is 0 Å². The highest BCUT2D eigenvalue weighted by molar-refractivity contribution is 5.78. The number of aliphatic imine (C=N–C) groups is 1. The fraction of sp³-hybridized carbons (Fsp3) is 0.467. The van der Waals surface area contributed by atoms with Gasteiger partial charge < -0.3 is 15.5 Å². The standard InChI is InChI=1S/C15H21N5/c1-11-6-7-20-10-13(18-14(20)8-11)9-17-15(16)19-12-4-2-3-5-12/h6-8,10,12H,2-5,9H2,1H3,(H3,16,17,19). The molecule has 2 aromatic rings. The average Bonchev–Trinajstić information content (AvgIpc) is 3.04. The zero-order valence-corrected chi connectivity index (χ0v) is 11.8. The molecular formula is C15H21N5. The van der Waals surface area contributed by atoms with Crippen LogP contribution in [0.4, 0.5) is 0 Å². The summed E-state index contributed by atoms with van der Waals surface area (Å²) < 4.78 is 2.01. The number of pyridine rings is 1. The van der Waals surface area contributed by atoms with E-state index in [1.165, 1.54) is 31.2 Å². The smallest absolute Gasteiger partial charge is 0.189 e. The Balaban J connectivity index is 1.66. The topological polar surface area (TPSA) is 67.7 Å². The van der Waals surface area contributed by atoms with Crippen LogP contribution in [0.5, 0.6) is 0 Å². The third kappa shape index (κ3) is 2.92. The fourth-order valence-electron chi connectivity index (χ4n) is 2.70. The van der Waals surface area contributed by atoms with E-state index in [0.29, 0.717) is 18.5 Å². The maximum absolute atomic E-state index is 5.92. The minimum atomic E-state index is 0.502. The summed E-state index contributed by atoms with van der Waals surface area (Å²) in [4.78, 5) is 8.93. The lowest BCUT2D eigenvalue weighted by Gasteiger charge is -2.11. The van der Waals surface area contributed by atoms with Gasteiger partial charge in [0, 0.05) is 18.4 Å². The number of guanidine groups is 1. The van der Waals surface area contributed by atoms with Crippen LogP contribution in [-0.2, 0) is 6.54 Å². The Morgan fingerprint density at radius 2 is 2.30 bits per heavy atom. The van der Waals surface area contributed by atoms with Crippen LogP contribution in [0.25, 0.3) is 5.65 Å². The van der Waals surface area contributed by atoms with Crippen LogP contribution in [0.3, 0.4) is 0 Å². The number of imidazole rings is 1. The van der Waals surface area contributed by atoms with Crippen LogP contribution in [0, 0.1) is 6.92 Å². The van der Waals surface area contributed by atoms with Crippen molar-refractivity contribution in [1.82, 2.24) is 14.7 Å². The van der Waals surface area contributed by atoms with Crippen molar-refractivity contribution in [3.8, 4) is 0 Å². The first-order chi connectivity index (χ1) is 9.70. The minimum absolute atomic E-state index is 0.502. The van der Waals surface area contributed by atoms with Crippen LogP contribution in [0.2, 0.25) is 0 Å². The van der Waals surface area contributed by atoms with Crippen molar-refractivity contribution in [3.05, 3.63) is 35.8 Å². The zero-order valence-electron chi connectivity index (χ0n) is 11.8. The van der Waals surface area contributed by atoms with E-state index in [4.69, 9.17) is 5.73 Å². The quantitative estimate of drug-likeness (QED) is 0.662. The Labute approximate surface area is 118 Å². The maximum atomic E-state index is 5.92. The molecule has 3 rings (SSSR count). The lowest BCUT2D eigenvalue weighted by molar-refractivity contribution is 0.625. The number of rotatable bonds is 3. The highest BCUT2D eigenvalue weighted by Gasteiger charge is 2.14. The van der Waals surface area contributed by atoms with E-state index in [0.717, 1.165) is 11.3 Å². The van der Waals surface area contributed by atoms with Gasteiger partial charge in [-0.25, -0.2) is 9.98 Å². The molecule has 106 valence electrons. The summed E-state index contributed by atoms with van der Waals surface area (Å²) in [6.45, 7) is 2.59. The molecule has 0 spiro atoms. The first-order valence-corrected chi connectivity index (χ1v) is 7.21. The van der Waals surface area contributed by atoms with E-state index in [-0.39, 0.29) is 0 Å². The molecule has 0 amide bonds. The number of nitrogens with zero attached hydrogens (tertiary/aromatic N) is 3. The summed E-state index contributed by atoms with van der Waals surface area (Å²) in [5.41, 5.74) is 9.03. The van der Waals surface area contributed by atoms with Crippen LogP contribution in [0.15, 0.2) is 29.5 Å². The number of nitrogens with two attached hydrogens (primary N) is 1. The molecule has 0 aliphatic heterocycles. The van der Waals surface area contributed by atoms with Crippen molar-refractivity contribution in [2.24, 2.45) is 10.7 Å². The highest BCUT2D eigenvalue weighted by atomic mass is 15.1. The molecule has 0 aromatic carbocycles. The van der Waals surface area contributed by atoms with Gasteiger partial charge in [0.05, 0.1) is 12.2 Å². The van der Waals surface area contributed by atoms with Gasteiger partial charge in [0.2, 0.25) is 0 Å². The van der Waals surface area contributed by atoms with Crippen LogP contribution in [0.1, 0.15) is 36.9 Å². The molecule has 2 aromatic heterocycles. The second kappa shape index (κ2) is 5.53. The molecule has 1 saturated carbocycles. The van der Waals surface area contributed by atoms with Gasteiger partial charge in [-0.3, -0.25) is 0 Å². The highest BCUT2D eigenvalue weighted by Crippen LogP contribution is 2.17. The van der Waals surface area contributed by atoms with Gasteiger partial charge in [0.1, 0.15) is 5.65 Å². The number of aromatic nitrogens is 2. The van der Waals surface area contributed by atoms with E-state index in [1.54, 1.807) is 0 Å². The first-order valence-electron chi connectivity index (χ1n) is 7.21. The Hall–Kier alpha value is -2.04. The summed E-state index contributed by atoms with van der Waals surface area (Å²) in [6, 6.07) is 4.63. The average molecular weight is 271 g/mol. The fourth-order valence-corrected chi connectivity index (χ4v) is 2.70. The van der Waals surface area contributed by atoms with Gasteiger partial charge in [0.25, 0.3) is 0 Å². The molecule has 0 radical (unpaired) electrons. The third-order valence-corrected chi connectivity index (χ3v) is 3.78. The minimum Gasteiger partial charge on any atom is -0.370 e. The van der Waals surface area contributed by atoms with Gasteiger partial charge in [-0.15, -0.1) is 0 Å². The molecule has 0 bridgehead atoms. The van der Waals surface area contributed by atoms with E-state index in [1.807, 2.05) is 16.8 Å². The molecule has 0 atom stereocenters. The zero-order chi connectivity index (χ0) is 13.9. The van der Waals surface area contributed by atoms with Gasteiger partial charge >= 0.3 is 0 Å². The Bertz CT molecular complexity index is 622.